The van der Waals surface area contributed by atoms with Gasteiger partial charge in [-0.3, -0.25) is 9.69 Å². The molecule has 112 valence electrons. The van der Waals surface area contributed by atoms with Gasteiger partial charge in [-0.1, -0.05) is 6.42 Å². The van der Waals surface area contributed by atoms with Gasteiger partial charge in [-0.05, 0) is 19.4 Å². The Balaban J connectivity index is 1.99. The molecule has 1 aromatic rings. The molecule has 2 rings (SSSR count). The van der Waals surface area contributed by atoms with Crippen molar-refractivity contribution in [2.24, 2.45) is 5.73 Å². The average molecular weight is 280 g/mol. The lowest BCUT2D eigenvalue weighted by molar-refractivity contribution is -0.119. The molecule has 0 spiro atoms. The Morgan fingerprint density at radius 3 is 3.15 bits per heavy atom. The number of methoxy groups -OCH3 is 1. The zero-order valence-corrected chi connectivity index (χ0v) is 12.1. The van der Waals surface area contributed by atoms with E-state index in [-0.39, 0.29) is 11.9 Å². The summed E-state index contributed by atoms with van der Waals surface area (Å²) in [6, 6.07) is 0.258. The van der Waals surface area contributed by atoms with Crippen LogP contribution in [-0.4, -0.2) is 46.7 Å². The molecule has 1 aliphatic rings. The number of imidazole rings is 1. The third kappa shape index (κ3) is 4.05. The summed E-state index contributed by atoms with van der Waals surface area (Å²) in [5.74, 6) is 0.808. The van der Waals surface area contributed by atoms with Crippen molar-refractivity contribution >= 4 is 5.91 Å². The summed E-state index contributed by atoms with van der Waals surface area (Å²) in [6.07, 6.45) is 7.63. The van der Waals surface area contributed by atoms with Crippen molar-refractivity contribution in [2.75, 3.05) is 20.3 Å². The van der Waals surface area contributed by atoms with Crippen LogP contribution in [0, 0.1) is 0 Å². The van der Waals surface area contributed by atoms with Gasteiger partial charge in [-0.2, -0.15) is 0 Å². The molecule has 1 fully saturated rings. The van der Waals surface area contributed by atoms with E-state index in [0.717, 1.165) is 31.9 Å². The zero-order valence-electron chi connectivity index (χ0n) is 12.1. The van der Waals surface area contributed by atoms with E-state index in [9.17, 15) is 4.79 Å². The summed E-state index contributed by atoms with van der Waals surface area (Å²) in [6.45, 7) is 3.26. The van der Waals surface area contributed by atoms with Gasteiger partial charge >= 0.3 is 0 Å². The maximum absolute atomic E-state index is 11.2. The molecule has 0 bridgehead atoms. The van der Waals surface area contributed by atoms with Crippen LogP contribution < -0.4 is 5.73 Å². The number of carbonyl (C=O) groups is 1. The Hall–Kier alpha value is -1.40. The average Bonchev–Trinajstić information content (AvgIpc) is 2.85. The van der Waals surface area contributed by atoms with E-state index in [1.54, 1.807) is 7.11 Å². The summed E-state index contributed by atoms with van der Waals surface area (Å²) < 4.78 is 7.22. The van der Waals surface area contributed by atoms with Crippen LogP contribution in [0.15, 0.2) is 12.4 Å². The molecule has 20 heavy (non-hydrogen) atoms. The normalized spacial score (nSPS) is 20.1. The van der Waals surface area contributed by atoms with Crippen molar-refractivity contribution in [1.82, 2.24) is 14.5 Å². The van der Waals surface area contributed by atoms with Crippen LogP contribution in [-0.2, 0) is 22.6 Å². The van der Waals surface area contributed by atoms with E-state index < -0.39 is 0 Å². The topological polar surface area (TPSA) is 73.4 Å². The molecular weight excluding hydrogens is 256 g/mol. The van der Waals surface area contributed by atoms with Crippen molar-refractivity contribution in [3.63, 3.8) is 0 Å². The maximum Gasteiger partial charge on any atom is 0.218 e. The lowest BCUT2D eigenvalue weighted by Gasteiger charge is -2.34. The number of likely N-dealkylation sites (tertiary alicyclic amines) is 1. The minimum Gasteiger partial charge on any atom is -0.383 e. The van der Waals surface area contributed by atoms with E-state index in [0.29, 0.717) is 13.0 Å². The van der Waals surface area contributed by atoms with Gasteiger partial charge in [0.25, 0.3) is 0 Å². The number of hydrogen-bond acceptors (Lipinski definition) is 4. The second-order valence-electron chi connectivity index (χ2n) is 5.32. The van der Waals surface area contributed by atoms with Gasteiger partial charge in [0.15, 0.2) is 0 Å². The van der Waals surface area contributed by atoms with E-state index in [1.807, 2.05) is 12.4 Å². The Morgan fingerprint density at radius 1 is 1.55 bits per heavy atom. The molecule has 1 aliphatic heterocycles. The van der Waals surface area contributed by atoms with Crippen molar-refractivity contribution in [1.29, 1.82) is 0 Å². The molecule has 1 saturated heterocycles. The first-order valence-corrected chi connectivity index (χ1v) is 7.22. The summed E-state index contributed by atoms with van der Waals surface area (Å²) in [5.41, 5.74) is 5.35. The van der Waals surface area contributed by atoms with Crippen molar-refractivity contribution in [2.45, 2.75) is 44.8 Å². The standard InChI is InChI=1S/C14H24N4O2/c1-20-9-8-17-7-5-16-14(17)11-18-6-3-2-4-12(18)10-13(15)19/h5,7,12H,2-4,6,8-11H2,1H3,(H2,15,19)/t12-/m1/s1. The molecule has 0 radical (unpaired) electrons. The maximum atomic E-state index is 11.2. The van der Waals surface area contributed by atoms with Crippen LogP contribution in [0.1, 0.15) is 31.5 Å². The number of nitrogens with two attached hydrogens (primary N) is 1. The van der Waals surface area contributed by atoms with E-state index in [2.05, 4.69) is 14.5 Å². The molecule has 6 heteroatoms. The smallest absolute Gasteiger partial charge is 0.218 e. The molecule has 0 saturated carbocycles. The van der Waals surface area contributed by atoms with E-state index >= 15 is 0 Å². The molecule has 6 nitrogen and oxygen atoms in total. The molecular formula is C14H24N4O2. The van der Waals surface area contributed by atoms with Crippen molar-refractivity contribution < 1.29 is 9.53 Å². The van der Waals surface area contributed by atoms with E-state index in [1.165, 1.54) is 12.8 Å². The van der Waals surface area contributed by atoms with Crippen LogP contribution in [0.3, 0.4) is 0 Å². The van der Waals surface area contributed by atoms with Crippen LogP contribution >= 0.6 is 0 Å². The largest absolute Gasteiger partial charge is 0.383 e. The van der Waals surface area contributed by atoms with Gasteiger partial charge < -0.3 is 15.0 Å². The molecule has 2 N–H and O–H groups in total. The summed E-state index contributed by atoms with van der Waals surface area (Å²) in [4.78, 5) is 17.9. The number of primary amides is 1. The first-order valence-electron chi connectivity index (χ1n) is 7.22. The Labute approximate surface area is 119 Å². The molecule has 0 aliphatic carbocycles. The van der Waals surface area contributed by atoms with Gasteiger partial charge in [0.05, 0.1) is 13.2 Å². The quantitative estimate of drug-likeness (QED) is 0.800. The number of ether oxygens (including phenoxy) is 1. The number of amides is 1. The summed E-state index contributed by atoms with van der Waals surface area (Å²) in [5, 5.41) is 0. The lowest BCUT2D eigenvalue weighted by atomic mass is 9.99. The highest BCUT2D eigenvalue weighted by Gasteiger charge is 2.25. The number of nitrogens with zero attached hydrogens (tertiary/aromatic N) is 3. The fraction of sp³-hybridized carbons (Fsp3) is 0.714. The molecule has 0 unspecified atom stereocenters. The Kier molecular flexibility index (Phi) is 5.55. The number of piperidine rings is 1. The third-order valence-electron chi connectivity index (χ3n) is 3.87. The number of aromatic nitrogens is 2. The second-order valence-corrected chi connectivity index (χ2v) is 5.32. The second kappa shape index (κ2) is 7.40. The Bertz CT molecular complexity index is 433. The van der Waals surface area contributed by atoms with Gasteiger partial charge in [0.2, 0.25) is 5.91 Å². The zero-order chi connectivity index (χ0) is 14.4. The first-order chi connectivity index (χ1) is 9.70. The summed E-state index contributed by atoms with van der Waals surface area (Å²) >= 11 is 0. The Morgan fingerprint density at radius 2 is 2.40 bits per heavy atom. The number of carbonyl (C=O) groups excluding carboxylic acids is 1. The predicted molar refractivity (Wildman–Crippen MR) is 76.0 cm³/mol. The SMILES string of the molecule is COCCn1ccnc1CN1CCCC[C@@H]1CC(N)=O. The van der Waals surface area contributed by atoms with E-state index in [4.69, 9.17) is 10.5 Å². The minimum absolute atomic E-state index is 0.218. The van der Waals surface area contributed by atoms with Gasteiger partial charge in [0.1, 0.15) is 5.82 Å². The fourth-order valence-corrected chi connectivity index (χ4v) is 2.80. The molecule has 1 atom stereocenters. The number of rotatable bonds is 7. The van der Waals surface area contributed by atoms with Crippen molar-refractivity contribution in [3.8, 4) is 0 Å². The highest BCUT2D eigenvalue weighted by Crippen LogP contribution is 2.21. The molecule has 1 aromatic heterocycles. The first kappa shape index (κ1) is 15.0. The minimum atomic E-state index is -0.218. The third-order valence-corrected chi connectivity index (χ3v) is 3.87. The molecule has 2 heterocycles. The lowest BCUT2D eigenvalue weighted by Crippen LogP contribution is -2.41. The fourth-order valence-electron chi connectivity index (χ4n) is 2.80. The van der Waals surface area contributed by atoms with Crippen LogP contribution in [0.4, 0.5) is 0 Å². The number of hydrogen-bond donors (Lipinski definition) is 1. The monoisotopic (exact) mass is 280 g/mol. The van der Waals surface area contributed by atoms with Gasteiger partial charge in [-0.15, -0.1) is 0 Å². The van der Waals surface area contributed by atoms with Gasteiger partial charge in [0, 0.05) is 38.5 Å². The molecule has 0 aromatic carbocycles. The van der Waals surface area contributed by atoms with Crippen LogP contribution in [0.2, 0.25) is 0 Å². The van der Waals surface area contributed by atoms with Gasteiger partial charge in [-0.25, -0.2) is 4.98 Å². The van der Waals surface area contributed by atoms with Crippen LogP contribution in [0.5, 0.6) is 0 Å². The van der Waals surface area contributed by atoms with Crippen molar-refractivity contribution in [3.05, 3.63) is 18.2 Å². The predicted octanol–water partition coefficient (Wildman–Crippen LogP) is 0.759. The highest BCUT2D eigenvalue weighted by molar-refractivity contribution is 5.74. The molecule has 1 amide bonds. The summed E-state index contributed by atoms with van der Waals surface area (Å²) in [7, 11) is 1.70. The van der Waals surface area contributed by atoms with Crippen LogP contribution in [0.25, 0.3) is 0 Å². The highest BCUT2D eigenvalue weighted by atomic mass is 16.5.